The molecule has 1 aromatic heterocycles. The van der Waals surface area contributed by atoms with Crippen LogP contribution in [-0.4, -0.2) is 31.1 Å². The number of nitrogen functional groups attached to an aromatic ring is 1. The zero-order chi connectivity index (χ0) is 11.3. The van der Waals surface area contributed by atoms with Crippen molar-refractivity contribution >= 4 is 17.4 Å². The van der Waals surface area contributed by atoms with Crippen molar-refractivity contribution in [2.75, 3.05) is 20.3 Å². The number of pyridine rings is 1. The van der Waals surface area contributed by atoms with E-state index in [1.54, 1.807) is 13.2 Å². The molecule has 1 rings (SSSR count). The molecular formula is C9H12ClN3O2. The number of rotatable bonds is 5. The molecule has 3 N–H and O–H groups in total. The minimum absolute atomic E-state index is 0.112. The van der Waals surface area contributed by atoms with E-state index in [1.807, 2.05) is 0 Å². The lowest BCUT2D eigenvalue weighted by atomic mass is 10.2. The molecule has 0 aliphatic rings. The quantitative estimate of drug-likeness (QED) is 0.449. The van der Waals surface area contributed by atoms with Crippen molar-refractivity contribution in [2.24, 2.45) is 5.73 Å². The van der Waals surface area contributed by atoms with Crippen molar-refractivity contribution in [3.8, 4) is 5.88 Å². The molecule has 0 atom stereocenters. The second-order valence-electron chi connectivity index (χ2n) is 2.73. The molecular weight excluding hydrogens is 218 g/mol. The topological polar surface area (TPSA) is 81.2 Å². The number of ether oxygens (including phenoxy) is 2. The molecule has 1 aromatic rings. The summed E-state index contributed by atoms with van der Waals surface area (Å²) < 4.78 is 10.1. The standard InChI is InChI=1S/C9H12ClN3O2/c1-14-4-5-15-9-7(10)6(8(11)12)2-3-13-9/h2-3H,4-5H2,1H3,(H3,11,12). The minimum Gasteiger partial charge on any atom is -0.474 e. The second kappa shape index (κ2) is 5.53. The van der Waals surface area contributed by atoms with Gasteiger partial charge in [0.25, 0.3) is 0 Å². The minimum atomic E-state index is -0.112. The first-order chi connectivity index (χ1) is 7.16. The van der Waals surface area contributed by atoms with Crippen LogP contribution in [-0.2, 0) is 4.74 Å². The van der Waals surface area contributed by atoms with E-state index in [9.17, 15) is 0 Å². The van der Waals surface area contributed by atoms with Crippen LogP contribution in [0.15, 0.2) is 12.3 Å². The lowest BCUT2D eigenvalue weighted by Gasteiger charge is -2.08. The van der Waals surface area contributed by atoms with E-state index in [1.165, 1.54) is 6.20 Å². The zero-order valence-corrected chi connectivity index (χ0v) is 9.04. The van der Waals surface area contributed by atoms with Crippen LogP contribution in [0.1, 0.15) is 5.56 Å². The highest BCUT2D eigenvalue weighted by Crippen LogP contribution is 2.24. The predicted molar refractivity (Wildman–Crippen MR) is 57.6 cm³/mol. The number of methoxy groups -OCH3 is 1. The number of hydrogen-bond donors (Lipinski definition) is 2. The lowest BCUT2D eigenvalue weighted by molar-refractivity contribution is 0.144. The summed E-state index contributed by atoms with van der Waals surface area (Å²) in [5.41, 5.74) is 5.74. The SMILES string of the molecule is COCCOc1nccc(C(=N)N)c1Cl. The molecule has 5 nitrogen and oxygen atoms in total. The molecule has 0 aliphatic carbocycles. The van der Waals surface area contributed by atoms with E-state index < -0.39 is 0 Å². The number of halogens is 1. The molecule has 0 amide bonds. The lowest BCUT2D eigenvalue weighted by Crippen LogP contribution is -2.13. The van der Waals surface area contributed by atoms with Gasteiger partial charge in [-0.15, -0.1) is 0 Å². The Morgan fingerprint density at radius 2 is 2.33 bits per heavy atom. The summed E-state index contributed by atoms with van der Waals surface area (Å²) >= 11 is 5.93. The highest BCUT2D eigenvalue weighted by atomic mass is 35.5. The van der Waals surface area contributed by atoms with Crippen molar-refractivity contribution in [2.45, 2.75) is 0 Å². The van der Waals surface area contributed by atoms with Crippen LogP contribution < -0.4 is 10.5 Å². The summed E-state index contributed by atoms with van der Waals surface area (Å²) in [5.74, 6) is 0.153. The van der Waals surface area contributed by atoms with Gasteiger partial charge in [-0.1, -0.05) is 11.6 Å². The van der Waals surface area contributed by atoms with Crippen LogP contribution in [0.3, 0.4) is 0 Å². The molecule has 82 valence electrons. The van der Waals surface area contributed by atoms with Crippen LogP contribution in [0.25, 0.3) is 0 Å². The number of aromatic nitrogens is 1. The van der Waals surface area contributed by atoms with E-state index in [0.29, 0.717) is 18.8 Å². The maximum Gasteiger partial charge on any atom is 0.233 e. The molecule has 0 unspecified atom stereocenters. The Balaban J connectivity index is 2.80. The van der Waals surface area contributed by atoms with Gasteiger partial charge in [-0.05, 0) is 6.07 Å². The van der Waals surface area contributed by atoms with Gasteiger partial charge >= 0.3 is 0 Å². The fraction of sp³-hybridized carbons (Fsp3) is 0.333. The molecule has 0 spiro atoms. The van der Waals surface area contributed by atoms with Gasteiger partial charge in [0.05, 0.1) is 6.61 Å². The average Bonchev–Trinajstić information content (AvgIpc) is 2.20. The summed E-state index contributed by atoms with van der Waals surface area (Å²) in [5, 5.41) is 7.52. The predicted octanol–water partition coefficient (Wildman–Crippen LogP) is 1.04. The number of amidine groups is 1. The van der Waals surface area contributed by atoms with Crippen LogP contribution in [0.4, 0.5) is 0 Å². The Morgan fingerprint density at radius 3 is 2.93 bits per heavy atom. The van der Waals surface area contributed by atoms with Crippen LogP contribution in [0.5, 0.6) is 5.88 Å². The third-order valence-electron chi connectivity index (χ3n) is 1.67. The van der Waals surface area contributed by atoms with Gasteiger partial charge < -0.3 is 15.2 Å². The maximum absolute atomic E-state index is 7.27. The molecule has 0 fully saturated rings. The number of nitrogens with two attached hydrogens (primary N) is 1. The molecule has 0 aliphatic heterocycles. The number of nitrogens with zero attached hydrogens (tertiary/aromatic N) is 1. The van der Waals surface area contributed by atoms with Gasteiger partial charge in [0.1, 0.15) is 17.5 Å². The number of nitrogens with one attached hydrogen (secondary N) is 1. The first-order valence-electron chi connectivity index (χ1n) is 4.27. The highest BCUT2D eigenvalue weighted by Gasteiger charge is 2.10. The Labute approximate surface area is 92.7 Å². The number of hydrogen-bond acceptors (Lipinski definition) is 4. The normalized spacial score (nSPS) is 10.0. The Kier molecular flexibility index (Phi) is 4.33. The molecule has 0 saturated carbocycles. The fourth-order valence-corrected chi connectivity index (χ4v) is 1.22. The van der Waals surface area contributed by atoms with Gasteiger partial charge in [-0.3, -0.25) is 5.41 Å². The molecule has 0 bridgehead atoms. The van der Waals surface area contributed by atoms with E-state index in [0.717, 1.165) is 0 Å². The third-order valence-corrected chi connectivity index (χ3v) is 2.04. The summed E-state index contributed by atoms with van der Waals surface area (Å²) in [6, 6.07) is 1.56. The molecule has 15 heavy (non-hydrogen) atoms. The monoisotopic (exact) mass is 229 g/mol. The molecule has 0 aromatic carbocycles. The van der Waals surface area contributed by atoms with Crippen molar-refractivity contribution in [1.29, 1.82) is 5.41 Å². The van der Waals surface area contributed by atoms with Gasteiger partial charge in [0.15, 0.2) is 0 Å². The summed E-state index contributed by atoms with van der Waals surface area (Å²) in [7, 11) is 1.57. The Bertz CT molecular complexity index is 357. The van der Waals surface area contributed by atoms with E-state index in [4.69, 9.17) is 32.2 Å². The van der Waals surface area contributed by atoms with Crippen LogP contribution in [0.2, 0.25) is 5.02 Å². The largest absolute Gasteiger partial charge is 0.474 e. The Morgan fingerprint density at radius 1 is 1.60 bits per heavy atom. The van der Waals surface area contributed by atoms with E-state index >= 15 is 0 Å². The van der Waals surface area contributed by atoms with Gasteiger partial charge in [0.2, 0.25) is 5.88 Å². The first-order valence-corrected chi connectivity index (χ1v) is 4.65. The zero-order valence-electron chi connectivity index (χ0n) is 8.29. The van der Waals surface area contributed by atoms with Crippen LogP contribution >= 0.6 is 11.6 Å². The molecule has 0 saturated heterocycles. The van der Waals surface area contributed by atoms with Crippen molar-refractivity contribution in [3.63, 3.8) is 0 Å². The third kappa shape index (κ3) is 3.07. The highest BCUT2D eigenvalue weighted by molar-refractivity contribution is 6.35. The van der Waals surface area contributed by atoms with Crippen molar-refractivity contribution < 1.29 is 9.47 Å². The Hall–Kier alpha value is -1.33. The van der Waals surface area contributed by atoms with Gasteiger partial charge in [-0.2, -0.15) is 0 Å². The van der Waals surface area contributed by atoms with Gasteiger partial charge in [0, 0.05) is 18.9 Å². The average molecular weight is 230 g/mol. The second-order valence-corrected chi connectivity index (χ2v) is 3.11. The summed E-state index contributed by atoms with van der Waals surface area (Å²) in [6.07, 6.45) is 1.49. The van der Waals surface area contributed by atoms with Crippen molar-refractivity contribution in [1.82, 2.24) is 4.98 Å². The van der Waals surface area contributed by atoms with Gasteiger partial charge in [-0.25, -0.2) is 4.98 Å². The smallest absolute Gasteiger partial charge is 0.233 e. The van der Waals surface area contributed by atoms with E-state index in [-0.39, 0.29) is 16.7 Å². The summed E-state index contributed by atoms with van der Waals surface area (Å²) in [4.78, 5) is 3.93. The maximum atomic E-state index is 7.27. The summed E-state index contributed by atoms with van der Waals surface area (Å²) in [6.45, 7) is 0.798. The van der Waals surface area contributed by atoms with E-state index in [2.05, 4.69) is 4.98 Å². The van der Waals surface area contributed by atoms with Crippen molar-refractivity contribution in [3.05, 3.63) is 22.8 Å². The van der Waals surface area contributed by atoms with Crippen LogP contribution in [0, 0.1) is 5.41 Å². The first kappa shape index (κ1) is 11.7. The molecule has 0 radical (unpaired) electrons. The molecule has 1 heterocycles. The molecule has 6 heteroatoms. The fourth-order valence-electron chi connectivity index (χ4n) is 0.955.